The molecule has 0 aromatic rings. The van der Waals surface area contributed by atoms with Crippen LogP contribution in [0.2, 0.25) is 0 Å². The molecule has 2 heteroatoms. The van der Waals surface area contributed by atoms with Crippen molar-refractivity contribution in [3.05, 3.63) is 12.3 Å². The van der Waals surface area contributed by atoms with Gasteiger partial charge in [-0.3, -0.25) is 0 Å². The highest BCUT2D eigenvalue weighted by molar-refractivity contribution is 4.92. The molecule has 0 heterocycles. The Labute approximate surface area is 56.9 Å². The summed E-state index contributed by atoms with van der Waals surface area (Å²) < 4.78 is 5.14. The van der Waals surface area contributed by atoms with E-state index < -0.39 is 0 Å². The highest BCUT2D eigenvalue weighted by atomic mass is 16.5. The molecule has 1 N–H and O–H groups in total. The number of nitrogens with one attached hydrogen (secondary N) is 1. The van der Waals surface area contributed by atoms with E-state index in [2.05, 4.69) is 11.9 Å². The minimum Gasteiger partial charge on any atom is -0.497 e. The fourth-order valence-electron chi connectivity index (χ4n) is 0.471. The number of ether oxygens (including phenoxy) is 1. The summed E-state index contributed by atoms with van der Waals surface area (Å²) >= 11 is 0. The molecule has 0 rings (SSSR count). The monoisotopic (exact) mass is 129 g/mol. The lowest BCUT2D eigenvalue weighted by molar-refractivity contribution is 0.207. The van der Waals surface area contributed by atoms with Gasteiger partial charge >= 0.3 is 0 Å². The van der Waals surface area contributed by atoms with Gasteiger partial charge in [0, 0.05) is 0 Å². The van der Waals surface area contributed by atoms with Gasteiger partial charge in [0.1, 0.15) is 5.76 Å². The first-order chi connectivity index (χ1) is 4.22. The van der Waals surface area contributed by atoms with Gasteiger partial charge in [0.05, 0.1) is 12.6 Å². The molecule has 0 aliphatic rings. The van der Waals surface area contributed by atoms with Crippen molar-refractivity contribution in [2.45, 2.75) is 19.9 Å². The second-order valence-electron chi connectivity index (χ2n) is 1.91. The van der Waals surface area contributed by atoms with Crippen molar-refractivity contribution in [2.24, 2.45) is 0 Å². The summed E-state index contributed by atoms with van der Waals surface area (Å²) in [5.74, 6) is 0.806. The third-order valence-electron chi connectivity index (χ3n) is 1.25. The molecular formula is C7H15NO. The van der Waals surface area contributed by atoms with Crippen LogP contribution in [-0.2, 0) is 4.74 Å². The molecule has 0 amide bonds. The van der Waals surface area contributed by atoms with Gasteiger partial charge in [0.25, 0.3) is 0 Å². The zero-order chi connectivity index (χ0) is 7.28. The molecule has 0 aliphatic carbocycles. The standard InChI is InChI=1S/C7H15NO/c1-5-9-7(3)6(2)8-4/h6,8H,3,5H2,1-2,4H3/t6-/m0/s1. The summed E-state index contributed by atoms with van der Waals surface area (Å²) in [5, 5.41) is 3.02. The number of likely N-dealkylation sites (N-methyl/N-ethyl adjacent to an activating group) is 1. The first kappa shape index (κ1) is 8.50. The summed E-state index contributed by atoms with van der Waals surface area (Å²) in [6.07, 6.45) is 0. The van der Waals surface area contributed by atoms with Crippen molar-refractivity contribution in [1.82, 2.24) is 5.32 Å². The van der Waals surface area contributed by atoms with Gasteiger partial charge < -0.3 is 10.1 Å². The van der Waals surface area contributed by atoms with Gasteiger partial charge in [-0.15, -0.1) is 0 Å². The summed E-state index contributed by atoms with van der Waals surface area (Å²) in [7, 11) is 1.88. The van der Waals surface area contributed by atoms with Crippen LogP contribution in [0.25, 0.3) is 0 Å². The molecule has 0 saturated heterocycles. The number of rotatable bonds is 4. The quantitative estimate of drug-likeness (QED) is 0.575. The first-order valence-corrected chi connectivity index (χ1v) is 3.21. The summed E-state index contributed by atoms with van der Waals surface area (Å²) in [6, 6.07) is 0.255. The van der Waals surface area contributed by atoms with Crippen LogP contribution in [0, 0.1) is 0 Å². The Morgan fingerprint density at radius 1 is 1.78 bits per heavy atom. The van der Waals surface area contributed by atoms with Gasteiger partial charge in [-0.2, -0.15) is 0 Å². The Balaban J connectivity index is 3.46. The predicted molar refractivity (Wildman–Crippen MR) is 39.3 cm³/mol. The SMILES string of the molecule is C=C(OCC)[C@H](C)NC. The zero-order valence-electron chi connectivity index (χ0n) is 6.40. The fraction of sp³-hybridized carbons (Fsp3) is 0.714. The van der Waals surface area contributed by atoms with Gasteiger partial charge in [-0.05, 0) is 20.9 Å². The lowest BCUT2D eigenvalue weighted by Gasteiger charge is -2.13. The Morgan fingerprint density at radius 3 is 2.67 bits per heavy atom. The third kappa shape index (κ3) is 3.14. The zero-order valence-corrected chi connectivity index (χ0v) is 6.40. The van der Waals surface area contributed by atoms with Crippen LogP contribution < -0.4 is 5.32 Å². The molecule has 0 fully saturated rings. The molecule has 0 unspecified atom stereocenters. The van der Waals surface area contributed by atoms with Crippen molar-refractivity contribution >= 4 is 0 Å². The van der Waals surface area contributed by atoms with Crippen LogP contribution in [0.4, 0.5) is 0 Å². The van der Waals surface area contributed by atoms with E-state index in [1.54, 1.807) is 0 Å². The molecule has 2 nitrogen and oxygen atoms in total. The summed E-state index contributed by atoms with van der Waals surface area (Å²) in [5.41, 5.74) is 0. The van der Waals surface area contributed by atoms with E-state index in [1.165, 1.54) is 0 Å². The van der Waals surface area contributed by atoms with E-state index in [0.29, 0.717) is 6.61 Å². The topological polar surface area (TPSA) is 21.3 Å². The second-order valence-corrected chi connectivity index (χ2v) is 1.91. The Hall–Kier alpha value is -0.500. The van der Waals surface area contributed by atoms with Gasteiger partial charge in [-0.25, -0.2) is 0 Å². The molecule has 0 aromatic heterocycles. The largest absolute Gasteiger partial charge is 0.497 e. The van der Waals surface area contributed by atoms with Crippen LogP contribution in [-0.4, -0.2) is 19.7 Å². The van der Waals surface area contributed by atoms with E-state index in [4.69, 9.17) is 4.74 Å². The van der Waals surface area contributed by atoms with Crippen molar-refractivity contribution in [3.8, 4) is 0 Å². The van der Waals surface area contributed by atoms with E-state index in [1.807, 2.05) is 20.9 Å². The van der Waals surface area contributed by atoms with E-state index in [0.717, 1.165) is 5.76 Å². The number of hydrogen-bond donors (Lipinski definition) is 1. The third-order valence-corrected chi connectivity index (χ3v) is 1.25. The Morgan fingerprint density at radius 2 is 2.33 bits per heavy atom. The molecule has 9 heavy (non-hydrogen) atoms. The highest BCUT2D eigenvalue weighted by Gasteiger charge is 2.01. The van der Waals surface area contributed by atoms with Gasteiger partial charge in [0.2, 0.25) is 0 Å². The molecule has 0 bridgehead atoms. The average Bonchev–Trinajstić information content (AvgIpc) is 1.87. The average molecular weight is 129 g/mol. The predicted octanol–water partition coefficient (Wildman–Crippen LogP) is 1.14. The minimum absolute atomic E-state index is 0.255. The molecule has 54 valence electrons. The molecule has 1 atom stereocenters. The lowest BCUT2D eigenvalue weighted by atomic mass is 10.3. The van der Waals surface area contributed by atoms with Crippen LogP contribution in [0.3, 0.4) is 0 Å². The summed E-state index contributed by atoms with van der Waals surface area (Å²) in [6.45, 7) is 8.39. The van der Waals surface area contributed by atoms with E-state index in [9.17, 15) is 0 Å². The van der Waals surface area contributed by atoms with E-state index in [-0.39, 0.29) is 6.04 Å². The Kier molecular flexibility index (Phi) is 4.14. The normalized spacial score (nSPS) is 12.8. The fourth-order valence-corrected chi connectivity index (χ4v) is 0.471. The molecule has 0 aromatic carbocycles. The van der Waals surface area contributed by atoms with Crippen LogP contribution in [0.1, 0.15) is 13.8 Å². The van der Waals surface area contributed by atoms with Crippen LogP contribution in [0.5, 0.6) is 0 Å². The van der Waals surface area contributed by atoms with Crippen molar-refractivity contribution in [3.63, 3.8) is 0 Å². The lowest BCUT2D eigenvalue weighted by Crippen LogP contribution is -2.24. The van der Waals surface area contributed by atoms with Crippen molar-refractivity contribution in [2.75, 3.05) is 13.7 Å². The summed E-state index contributed by atoms with van der Waals surface area (Å²) in [4.78, 5) is 0. The molecule has 0 radical (unpaired) electrons. The smallest absolute Gasteiger partial charge is 0.105 e. The minimum atomic E-state index is 0.255. The maximum Gasteiger partial charge on any atom is 0.105 e. The van der Waals surface area contributed by atoms with E-state index >= 15 is 0 Å². The number of hydrogen-bond acceptors (Lipinski definition) is 2. The van der Waals surface area contributed by atoms with Gasteiger partial charge in [-0.1, -0.05) is 6.58 Å². The Bertz CT molecular complexity index is 90.9. The van der Waals surface area contributed by atoms with Crippen LogP contribution >= 0.6 is 0 Å². The highest BCUT2D eigenvalue weighted by Crippen LogP contribution is 1.98. The molecule has 0 saturated carbocycles. The maximum absolute atomic E-state index is 5.14. The van der Waals surface area contributed by atoms with Gasteiger partial charge in [0.15, 0.2) is 0 Å². The van der Waals surface area contributed by atoms with Crippen LogP contribution in [0.15, 0.2) is 12.3 Å². The van der Waals surface area contributed by atoms with Crippen molar-refractivity contribution in [1.29, 1.82) is 0 Å². The molecule has 0 spiro atoms. The van der Waals surface area contributed by atoms with Crippen molar-refractivity contribution < 1.29 is 4.74 Å². The molecular weight excluding hydrogens is 114 g/mol. The molecule has 0 aliphatic heterocycles. The first-order valence-electron chi connectivity index (χ1n) is 3.21. The second kappa shape index (κ2) is 4.39. The maximum atomic E-state index is 5.14.